The van der Waals surface area contributed by atoms with Gasteiger partial charge in [0.1, 0.15) is 6.61 Å². The molecular weight excluding hydrogens is 204 g/mol. The summed E-state index contributed by atoms with van der Waals surface area (Å²) in [6.07, 6.45) is 5.28. The van der Waals surface area contributed by atoms with Gasteiger partial charge in [0.15, 0.2) is 0 Å². The van der Waals surface area contributed by atoms with Gasteiger partial charge in [-0.25, -0.2) is 0 Å². The zero-order valence-corrected chi connectivity index (χ0v) is 10.2. The van der Waals surface area contributed by atoms with Crippen molar-refractivity contribution in [3.63, 3.8) is 0 Å². The van der Waals surface area contributed by atoms with Crippen molar-refractivity contribution in [3.8, 4) is 0 Å². The summed E-state index contributed by atoms with van der Waals surface area (Å²) in [4.78, 5) is 11.9. The molecule has 0 radical (unpaired) electrons. The Hall–Kier alpha value is -0.830. The number of rotatable bonds is 3. The number of aliphatic hydroxyl groups excluding tert-OH is 1. The summed E-state index contributed by atoms with van der Waals surface area (Å²) in [5.74, 6) is 0.268. The van der Waals surface area contributed by atoms with Gasteiger partial charge < -0.3 is 9.84 Å². The topological polar surface area (TPSA) is 46.5 Å². The second-order valence-electron chi connectivity index (χ2n) is 5.65. The van der Waals surface area contributed by atoms with E-state index in [4.69, 9.17) is 9.84 Å². The van der Waals surface area contributed by atoms with E-state index in [1.807, 2.05) is 0 Å². The second kappa shape index (κ2) is 3.59. The summed E-state index contributed by atoms with van der Waals surface area (Å²) in [6.45, 7) is 6.59. The fourth-order valence-electron chi connectivity index (χ4n) is 3.20. The Labute approximate surface area is 96.5 Å². The lowest BCUT2D eigenvalue weighted by Gasteiger charge is -2.37. The quantitative estimate of drug-likeness (QED) is 0.587. The van der Waals surface area contributed by atoms with Crippen molar-refractivity contribution >= 4 is 5.97 Å². The van der Waals surface area contributed by atoms with Crippen LogP contribution in [0.2, 0.25) is 0 Å². The summed E-state index contributed by atoms with van der Waals surface area (Å²) >= 11 is 0. The van der Waals surface area contributed by atoms with Crippen LogP contribution in [-0.2, 0) is 9.53 Å². The van der Waals surface area contributed by atoms with Gasteiger partial charge >= 0.3 is 5.97 Å². The van der Waals surface area contributed by atoms with Gasteiger partial charge in [-0.05, 0) is 17.8 Å². The highest BCUT2D eigenvalue weighted by Gasteiger charge is 2.61. The molecule has 2 bridgehead atoms. The predicted molar refractivity (Wildman–Crippen MR) is 60.7 cm³/mol. The van der Waals surface area contributed by atoms with E-state index in [1.54, 1.807) is 0 Å². The van der Waals surface area contributed by atoms with Gasteiger partial charge in [-0.2, -0.15) is 0 Å². The van der Waals surface area contributed by atoms with E-state index in [9.17, 15) is 4.79 Å². The molecule has 0 amide bonds. The Morgan fingerprint density at radius 3 is 2.62 bits per heavy atom. The number of hydrogen-bond acceptors (Lipinski definition) is 3. The molecule has 2 aliphatic carbocycles. The van der Waals surface area contributed by atoms with E-state index in [0.717, 1.165) is 6.42 Å². The molecule has 3 nitrogen and oxygen atoms in total. The standard InChI is InChI=1S/C13H20O3/c1-12(2)9-4-5-13(12,3)10(8-9)11(15)16-7-6-14/h4-5,9-10,14H,6-8H2,1-3H3. The van der Waals surface area contributed by atoms with E-state index in [1.165, 1.54) is 0 Å². The van der Waals surface area contributed by atoms with Crippen LogP contribution >= 0.6 is 0 Å². The van der Waals surface area contributed by atoms with Crippen LogP contribution in [0.15, 0.2) is 12.2 Å². The van der Waals surface area contributed by atoms with E-state index < -0.39 is 0 Å². The molecule has 2 aliphatic rings. The molecule has 0 heterocycles. The lowest BCUT2D eigenvalue weighted by atomic mass is 9.67. The molecule has 0 spiro atoms. The molecule has 1 saturated carbocycles. The van der Waals surface area contributed by atoms with Gasteiger partial charge in [0, 0.05) is 5.41 Å². The molecule has 0 aromatic heterocycles. The van der Waals surface area contributed by atoms with Gasteiger partial charge in [0.25, 0.3) is 0 Å². The summed E-state index contributed by atoms with van der Waals surface area (Å²) in [5, 5.41) is 8.67. The third-order valence-corrected chi connectivity index (χ3v) is 4.82. The van der Waals surface area contributed by atoms with Crippen molar-refractivity contribution in [3.05, 3.63) is 12.2 Å². The van der Waals surface area contributed by atoms with Gasteiger partial charge in [0.05, 0.1) is 12.5 Å². The highest BCUT2D eigenvalue weighted by molar-refractivity contribution is 5.75. The molecule has 3 atom stereocenters. The molecule has 0 aromatic carbocycles. The van der Waals surface area contributed by atoms with Crippen molar-refractivity contribution in [2.45, 2.75) is 27.2 Å². The van der Waals surface area contributed by atoms with Gasteiger partial charge in [-0.3, -0.25) is 4.79 Å². The lowest BCUT2D eigenvalue weighted by Crippen LogP contribution is -2.36. The lowest BCUT2D eigenvalue weighted by molar-refractivity contribution is -0.153. The first-order valence-electron chi connectivity index (χ1n) is 5.90. The van der Waals surface area contributed by atoms with E-state index in [-0.39, 0.29) is 35.9 Å². The summed E-state index contributed by atoms with van der Waals surface area (Å²) in [5.41, 5.74) is 0.0418. The number of aliphatic hydroxyl groups is 1. The van der Waals surface area contributed by atoms with Crippen molar-refractivity contribution in [2.24, 2.45) is 22.7 Å². The van der Waals surface area contributed by atoms with E-state index in [2.05, 4.69) is 32.9 Å². The van der Waals surface area contributed by atoms with Crippen molar-refractivity contribution in [1.82, 2.24) is 0 Å². The summed E-state index contributed by atoms with van der Waals surface area (Å²) in [7, 11) is 0. The SMILES string of the molecule is CC1(C)C2C=CC1(C)C(C(=O)OCCO)C2. The third-order valence-electron chi connectivity index (χ3n) is 4.82. The number of hydrogen-bond donors (Lipinski definition) is 1. The zero-order valence-electron chi connectivity index (χ0n) is 10.2. The minimum absolute atomic E-state index is 0.0518. The summed E-state index contributed by atoms with van der Waals surface area (Å²) < 4.78 is 5.06. The van der Waals surface area contributed by atoms with Crippen LogP contribution in [0.3, 0.4) is 0 Å². The zero-order chi connectivity index (χ0) is 12.0. The highest BCUT2D eigenvalue weighted by atomic mass is 16.5. The smallest absolute Gasteiger partial charge is 0.309 e. The second-order valence-corrected chi connectivity index (χ2v) is 5.65. The number of carbonyl (C=O) groups is 1. The molecule has 0 saturated heterocycles. The Kier molecular flexibility index (Phi) is 2.61. The average molecular weight is 224 g/mol. The number of esters is 1. The van der Waals surface area contributed by atoms with Crippen LogP contribution < -0.4 is 0 Å². The molecular formula is C13H20O3. The molecule has 0 aromatic rings. The van der Waals surface area contributed by atoms with Crippen LogP contribution in [0.4, 0.5) is 0 Å². The first-order valence-corrected chi connectivity index (χ1v) is 5.90. The largest absolute Gasteiger partial charge is 0.463 e. The number of allylic oxidation sites excluding steroid dienone is 2. The van der Waals surface area contributed by atoms with E-state index >= 15 is 0 Å². The Balaban J connectivity index is 2.15. The molecule has 3 heteroatoms. The normalized spacial score (nSPS) is 39.0. The van der Waals surface area contributed by atoms with Crippen molar-refractivity contribution in [1.29, 1.82) is 0 Å². The van der Waals surface area contributed by atoms with Crippen LogP contribution in [0, 0.1) is 22.7 Å². The Bertz CT molecular complexity index is 332. The maximum atomic E-state index is 11.9. The Morgan fingerprint density at radius 1 is 1.50 bits per heavy atom. The molecule has 2 rings (SSSR count). The van der Waals surface area contributed by atoms with Gasteiger partial charge in [0.2, 0.25) is 0 Å². The van der Waals surface area contributed by atoms with Crippen molar-refractivity contribution in [2.75, 3.05) is 13.2 Å². The monoisotopic (exact) mass is 224 g/mol. The van der Waals surface area contributed by atoms with Crippen molar-refractivity contribution < 1.29 is 14.6 Å². The molecule has 90 valence electrons. The number of ether oxygens (including phenoxy) is 1. The van der Waals surface area contributed by atoms with Crippen LogP contribution in [0.1, 0.15) is 27.2 Å². The molecule has 16 heavy (non-hydrogen) atoms. The maximum absolute atomic E-state index is 11.9. The summed E-state index contributed by atoms with van der Waals surface area (Å²) in [6, 6.07) is 0. The first kappa shape index (κ1) is 11.6. The molecule has 1 N–H and O–H groups in total. The van der Waals surface area contributed by atoms with Crippen LogP contribution in [-0.4, -0.2) is 24.3 Å². The van der Waals surface area contributed by atoms with E-state index in [0.29, 0.717) is 5.92 Å². The average Bonchev–Trinajstić information content (AvgIpc) is 2.57. The maximum Gasteiger partial charge on any atom is 0.309 e. The molecule has 3 unspecified atom stereocenters. The van der Waals surface area contributed by atoms with Gasteiger partial charge in [-0.1, -0.05) is 32.9 Å². The molecule has 1 fully saturated rings. The van der Waals surface area contributed by atoms with Crippen LogP contribution in [0.25, 0.3) is 0 Å². The fraction of sp³-hybridized carbons (Fsp3) is 0.769. The predicted octanol–water partition coefficient (Wildman–Crippen LogP) is 1.76. The van der Waals surface area contributed by atoms with Crippen LogP contribution in [0.5, 0.6) is 0 Å². The highest BCUT2D eigenvalue weighted by Crippen LogP contribution is 2.64. The number of fused-ring (bicyclic) bond motifs is 2. The molecule has 0 aliphatic heterocycles. The minimum atomic E-state index is -0.156. The first-order chi connectivity index (χ1) is 7.43. The number of carbonyl (C=O) groups excluding carboxylic acids is 1. The fourth-order valence-corrected chi connectivity index (χ4v) is 3.20. The van der Waals surface area contributed by atoms with Gasteiger partial charge in [-0.15, -0.1) is 0 Å². The third kappa shape index (κ3) is 1.34. The minimum Gasteiger partial charge on any atom is -0.463 e. The Morgan fingerprint density at radius 2 is 2.19 bits per heavy atom.